The van der Waals surface area contributed by atoms with Crippen LogP contribution in [-0.2, 0) is 4.43 Å². The van der Waals surface area contributed by atoms with Crippen molar-refractivity contribution >= 4 is 25.7 Å². The van der Waals surface area contributed by atoms with Crippen LogP contribution >= 0.6 is 15.9 Å². The quantitative estimate of drug-likeness (QED) is 0.391. The van der Waals surface area contributed by atoms with Crippen LogP contribution in [0.5, 0.6) is 0 Å². The van der Waals surface area contributed by atoms with Crippen LogP contribution in [0, 0.1) is 0 Å². The Hall–Kier alpha value is 0.657. The van der Waals surface area contributed by atoms with E-state index >= 15 is 0 Å². The number of unbranched alkanes of at least 4 members (excludes halogenated alkanes) is 2. The van der Waals surface area contributed by atoms with Gasteiger partial charge in [-0.1, -0.05) is 63.4 Å². The number of rotatable bonds is 7. The molecule has 0 aromatic heterocycles. The molecule has 0 amide bonds. The summed E-state index contributed by atoms with van der Waals surface area (Å²) in [5.41, 5.74) is 0. The van der Waals surface area contributed by atoms with Gasteiger partial charge in [0.05, 0.1) is 0 Å². The van der Waals surface area contributed by atoms with E-state index in [2.05, 4.69) is 50.5 Å². The Morgan fingerprint density at radius 2 is 1.60 bits per heavy atom. The third-order valence-electron chi connectivity index (χ3n) is 2.10. The minimum Gasteiger partial charge on any atom is -0.423 e. The maximum absolute atomic E-state index is 5.76. The average molecular weight is 295 g/mol. The molecule has 0 aliphatic heterocycles. The van der Waals surface area contributed by atoms with Crippen LogP contribution in [0.2, 0.25) is 5.04 Å². The first-order valence-electron chi connectivity index (χ1n) is 5.97. The van der Waals surface area contributed by atoms with Gasteiger partial charge in [-0.2, -0.15) is 0 Å². The van der Waals surface area contributed by atoms with Crippen LogP contribution in [0.1, 0.15) is 60.3 Å². The van der Waals surface area contributed by atoms with E-state index in [1.165, 1.54) is 25.7 Å². The predicted octanol–water partition coefficient (Wildman–Crippen LogP) is 4.04. The first-order chi connectivity index (χ1) is 6.71. The van der Waals surface area contributed by atoms with E-state index in [0.29, 0.717) is 9.36 Å². The molecule has 3 heteroatoms. The molecule has 0 atom stereocenters. The largest absolute Gasteiger partial charge is 0.423 e. The van der Waals surface area contributed by atoms with Crippen molar-refractivity contribution in [2.75, 3.05) is 6.61 Å². The number of halogens is 1. The highest BCUT2D eigenvalue weighted by atomic mass is 79.9. The summed E-state index contributed by atoms with van der Waals surface area (Å²) in [6, 6.07) is 0. The van der Waals surface area contributed by atoms with Crippen LogP contribution in [0.25, 0.3) is 0 Å². The SMILES string of the molecule is CC(C)(Br)CCCCCO[SiH2]C(C)(C)C. The first-order valence-corrected chi connectivity index (χ1v) is 8.05. The second-order valence-corrected chi connectivity index (χ2v) is 11.1. The van der Waals surface area contributed by atoms with Gasteiger partial charge in [-0.05, 0) is 17.9 Å². The molecule has 0 saturated carbocycles. The predicted molar refractivity (Wildman–Crippen MR) is 75.7 cm³/mol. The molecule has 15 heavy (non-hydrogen) atoms. The van der Waals surface area contributed by atoms with Gasteiger partial charge in [-0.3, -0.25) is 0 Å². The number of alkyl halides is 1. The smallest absolute Gasteiger partial charge is 0.166 e. The molecule has 0 aromatic carbocycles. The molecule has 0 N–H and O–H groups in total. The molecular formula is C12H27BrOSi. The molecule has 0 fully saturated rings. The second kappa shape index (κ2) is 7.07. The molecule has 0 aliphatic rings. The summed E-state index contributed by atoms with van der Waals surface area (Å²) in [6.07, 6.45) is 5.09. The van der Waals surface area contributed by atoms with Crippen LogP contribution in [0.4, 0.5) is 0 Å². The fraction of sp³-hybridized carbons (Fsp3) is 1.00. The van der Waals surface area contributed by atoms with E-state index in [0.717, 1.165) is 6.61 Å². The van der Waals surface area contributed by atoms with E-state index in [1.807, 2.05) is 0 Å². The van der Waals surface area contributed by atoms with E-state index < -0.39 is 0 Å². The molecule has 0 bridgehead atoms. The highest BCUT2D eigenvalue weighted by Gasteiger charge is 2.12. The number of hydrogen-bond donors (Lipinski definition) is 0. The maximum atomic E-state index is 5.76. The maximum Gasteiger partial charge on any atom is 0.166 e. The third-order valence-corrected chi connectivity index (χ3v) is 3.85. The summed E-state index contributed by atoms with van der Waals surface area (Å²) < 4.78 is 6.07. The van der Waals surface area contributed by atoms with Gasteiger partial charge in [-0.15, -0.1) is 0 Å². The van der Waals surface area contributed by atoms with Gasteiger partial charge in [0.15, 0.2) is 9.76 Å². The minimum absolute atomic E-state index is 0.314. The Balaban J connectivity index is 3.20. The standard InChI is InChI=1S/C12H27BrOSi/c1-11(2,3)15-14-10-8-6-7-9-12(4,5)13/h6-10,15H2,1-5H3. The van der Waals surface area contributed by atoms with Crippen molar-refractivity contribution in [3.63, 3.8) is 0 Å². The molecule has 92 valence electrons. The summed E-state index contributed by atoms with van der Waals surface area (Å²) in [5.74, 6) is 0. The minimum atomic E-state index is -0.321. The van der Waals surface area contributed by atoms with Crippen LogP contribution in [-0.4, -0.2) is 20.7 Å². The molecule has 0 spiro atoms. The lowest BCUT2D eigenvalue weighted by Crippen LogP contribution is -2.13. The van der Waals surface area contributed by atoms with E-state index in [1.54, 1.807) is 0 Å². The highest BCUT2D eigenvalue weighted by Crippen LogP contribution is 2.23. The summed E-state index contributed by atoms with van der Waals surface area (Å²) in [5, 5.41) is 0.442. The van der Waals surface area contributed by atoms with Gasteiger partial charge in [0.2, 0.25) is 0 Å². The Morgan fingerprint density at radius 3 is 2.07 bits per heavy atom. The Bertz CT molecular complexity index is 140. The molecular weight excluding hydrogens is 268 g/mol. The summed E-state index contributed by atoms with van der Waals surface area (Å²) in [7, 11) is -0.321. The van der Waals surface area contributed by atoms with Gasteiger partial charge >= 0.3 is 0 Å². The zero-order chi connectivity index (χ0) is 11.9. The zero-order valence-electron chi connectivity index (χ0n) is 11.0. The van der Waals surface area contributed by atoms with Crippen molar-refractivity contribution in [2.45, 2.75) is 69.7 Å². The molecule has 0 rings (SSSR count). The molecule has 0 heterocycles. The molecule has 1 nitrogen and oxygen atoms in total. The Morgan fingerprint density at radius 1 is 1.00 bits per heavy atom. The topological polar surface area (TPSA) is 9.23 Å². The highest BCUT2D eigenvalue weighted by molar-refractivity contribution is 9.10. The van der Waals surface area contributed by atoms with Crippen molar-refractivity contribution in [1.29, 1.82) is 0 Å². The van der Waals surface area contributed by atoms with Crippen LogP contribution in [0.3, 0.4) is 0 Å². The van der Waals surface area contributed by atoms with Gasteiger partial charge in [-0.25, -0.2) is 0 Å². The second-order valence-electron chi connectivity index (χ2n) is 6.14. The van der Waals surface area contributed by atoms with Crippen LogP contribution in [0.15, 0.2) is 0 Å². The first kappa shape index (κ1) is 15.7. The van der Waals surface area contributed by atoms with Gasteiger partial charge in [0.1, 0.15) is 0 Å². The van der Waals surface area contributed by atoms with E-state index in [4.69, 9.17) is 4.43 Å². The van der Waals surface area contributed by atoms with Crippen molar-refractivity contribution in [3.05, 3.63) is 0 Å². The normalized spacial score (nSPS) is 14.0. The van der Waals surface area contributed by atoms with Gasteiger partial charge < -0.3 is 4.43 Å². The van der Waals surface area contributed by atoms with Gasteiger partial charge in [0.25, 0.3) is 0 Å². The Kier molecular flexibility index (Phi) is 7.38. The summed E-state index contributed by atoms with van der Waals surface area (Å²) in [4.78, 5) is 0. The molecule has 0 radical (unpaired) electrons. The zero-order valence-corrected chi connectivity index (χ0v) is 14.0. The average Bonchev–Trinajstić information content (AvgIpc) is 1.98. The Labute approximate surface area is 106 Å². The van der Waals surface area contributed by atoms with Gasteiger partial charge in [0, 0.05) is 10.9 Å². The molecule has 0 aliphatic carbocycles. The fourth-order valence-electron chi connectivity index (χ4n) is 1.30. The lowest BCUT2D eigenvalue weighted by Gasteiger charge is -2.17. The van der Waals surface area contributed by atoms with Crippen molar-refractivity contribution in [3.8, 4) is 0 Å². The lowest BCUT2D eigenvalue weighted by molar-refractivity contribution is 0.307. The summed E-state index contributed by atoms with van der Waals surface area (Å²) in [6.45, 7) is 12.3. The monoisotopic (exact) mass is 294 g/mol. The fourth-order valence-corrected chi connectivity index (χ4v) is 2.55. The summed E-state index contributed by atoms with van der Waals surface area (Å²) >= 11 is 3.66. The van der Waals surface area contributed by atoms with Crippen molar-refractivity contribution in [1.82, 2.24) is 0 Å². The molecule has 0 unspecified atom stereocenters. The van der Waals surface area contributed by atoms with E-state index in [-0.39, 0.29) is 9.76 Å². The lowest BCUT2D eigenvalue weighted by atomic mass is 10.1. The van der Waals surface area contributed by atoms with E-state index in [9.17, 15) is 0 Å². The molecule has 0 saturated heterocycles. The van der Waals surface area contributed by atoms with Crippen LogP contribution < -0.4 is 0 Å². The number of hydrogen-bond acceptors (Lipinski definition) is 1. The van der Waals surface area contributed by atoms with Crippen molar-refractivity contribution < 1.29 is 4.43 Å². The van der Waals surface area contributed by atoms with Crippen molar-refractivity contribution in [2.24, 2.45) is 0 Å². The molecule has 0 aromatic rings. The third kappa shape index (κ3) is 14.7.